The van der Waals surface area contributed by atoms with Crippen LogP contribution in [0.15, 0.2) is 12.2 Å². The van der Waals surface area contributed by atoms with Gasteiger partial charge in [-0.25, -0.2) is 0 Å². The quantitative estimate of drug-likeness (QED) is 0.455. The van der Waals surface area contributed by atoms with E-state index in [0.29, 0.717) is 6.54 Å². The Hall–Kier alpha value is -0.830. The molecule has 0 saturated heterocycles. The third-order valence-electron chi connectivity index (χ3n) is 1.05. The Balaban J connectivity index is 2.48. The Labute approximate surface area is 47.0 Å². The Morgan fingerprint density at radius 2 is 2.62 bits per heavy atom. The minimum Gasteiger partial charge on any atom is -0.480 e. The molecule has 0 aromatic carbocycles. The fourth-order valence-electron chi connectivity index (χ4n) is 0.637. The fraction of sp³-hybridized carbons (Fsp3) is 0.400. The lowest BCUT2D eigenvalue weighted by molar-refractivity contribution is -0.137. The van der Waals surface area contributed by atoms with Gasteiger partial charge in [0.1, 0.15) is 6.04 Å². The van der Waals surface area contributed by atoms with E-state index in [-0.39, 0.29) is 0 Å². The molecule has 0 aliphatic carbocycles. The lowest BCUT2D eigenvalue weighted by Gasteiger charge is -1.98. The maximum absolute atomic E-state index is 10.1. The minimum atomic E-state index is -0.807. The van der Waals surface area contributed by atoms with Crippen molar-refractivity contribution in [3.05, 3.63) is 12.2 Å². The zero-order chi connectivity index (χ0) is 5.98. The summed E-state index contributed by atoms with van der Waals surface area (Å²) in [6.45, 7) is 0.678. The van der Waals surface area contributed by atoms with Gasteiger partial charge in [0.2, 0.25) is 0 Å². The predicted octanol–water partition coefficient (Wildman–Crippen LogP) is -0.401. The molecule has 0 saturated carbocycles. The molecule has 0 aromatic heterocycles. The molecule has 1 aliphatic heterocycles. The fourth-order valence-corrected chi connectivity index (χ4v) is 0.637. The van der Waals surface area contributed by atoms with Crippen molar-refractivity contribution < 1.29 is 9.90 Å². The van der Waals surface area contributed by atoms with Crippen molar-refractivity contribution in [3.63, 3.8) is 0 Å². The third-order valence-corrected chi connectivity index (χ3v) is 1.05. The van der Waals surface area contributed by atoms with Crippen LogP contribution in [0.1, 0.15) is 0 Å². The summed E-state index contributed by atoms with van der Waals surface area (Å²) < 4.78 is 0. The average Bonchev–Trinajstić information content (AvgIpc) is 2.12. The largest absolute Gasteiger partial charge is 0.480 e. The molecule has 0 bridgehead atoms. The molecule has 0 amide bonds. The zero-order valence-corrected chi connectivity index (χ0v) is 4.29. The molecular formula is C5H7NO2. The molecule has 0 aromatic rings. The summed E-state index contributed by atoms with van der Waals surface area (Å²) >= 11 is 0. The van der Waals surface area contributed by atoms with Gasteiger partial charge in [0.05, 0.1) is 0 Å². The van der Waals surface area contributed by atoms with E-state index in [2.05, 4.69) is 5.32 Å². The summed E-state index contributed by atoms with van der Waals surface area (Å²) in [5.74, 6) is -0.807. The topological polar surface area (TPSA) is 49.3 Å². The highest BCUT2D eigenvalue weighted by molar-refractivity contribution is 5.76. The number of nitrogens with one attached hydrogen (secondary N) is 1. The second kappa shape index (κ2) is 1.96. The highest BCUT2D eigenvalue weighted by atomic mass is 16.4. The van der Waals surface area contributed by atoms with E-state index < -0.39 is 12.0 Å². The van der Waals surface area contributed by atoms with Crippen molar-refractivity contribution in [2.75, 3.05) is 6.54 Å². The lowest BCUT2D eigenvalue weighted by atomic mass is 10.3. The molecular weight excluding hydrogens is 106 g/mol. The molecule has 3 nitrogen and oxygen atoms in total. The number of hydrogen-bond acceptors (Lipinski definition) is 2. The minimum absolute atomic E-state index is 0.449. The molecule has 0 unspecified atom stereocenters. The molecule has 3 heteroatoms. The Bertz CT molecular complexity index is 130. The van der Waals surface area contributed by atoms with Crippen molar-refractivity contribution >= 4 is 5.97 Å². The van der Waals surface area contributed by atoms with E-state index in [1.165, 1.54) is 0 Å². The van der Waals surface area contributed by atoms with Crippen molar-refractivity contribution in [2.45, 2.75) is 6.04 Å². The molecule has 1 atom stereocenters. The van der Waals surface area contributed by atoms with Crippen molar-refractivity contribution in [2.24, 2.45) is 0 Å². The van der Waals surface area contributed by atoms with Crippen molar-refractivity contribution in [3.8, 4) is 0 Å². The van der Waals surface area contributed by atoms with Crippen LogP contribution in [0, 0.1) is 0 Å². The maximum Gasteiger partial charge on any atom is 0.324 e. The smallest absolute Gasteiger partial charge is 0.324 e. The standard InChI is InChI=1S/C5H7NO2/c7-5(8)4-2-1-3-6-4/h1-2,4,6H,3H2,(H,7,8)/t4-/m1/s1. The Kier molecular flexibility index (Phi) is 1.30. The molecule has 2 N–H and O–H groups in total. The second-order valence-corrected chi connectivity index (χ2v) is 1.65. The zero-order valence-electron chi connectivity index (χ0n) is 4.29. The van der Waals surface area contributed by atoms with Gasteiger partial charge in [-0.05, 0) is 0 Å². The van der Waals surface area contributed by atoms with Crippen LogP contribution < -0.4 is 5.32 Å². The first-order valence-corrected chi connectivity index (χ1v) is 2.43. The van der Waals surface area contributed by atoms with Crippen LogP contribution in [0.4, 0.5) is 0 Å². The number of rotatable bonds is 1. The van der Waals surface area contributed by atoms with E-state index in [4.69, 9.17) is 5.11 Å². The summed E-state index contributed by atoms with van der Waals surface area (Å²) in [6.07, 6.45) is 3.45. The first kappa shape index (κ1) is 5.31. The molecule has 1 heterocycles. The monoisotopic (exact) mass is 113 g/mol. The maximum atomic E-state index is 10.1. The first-order valence-electron chi connectivity index (χ1n) is 2.43. The van der Waals surface area contributed by atoms with Gasteiger partial charge in [-0.3, -0.25) is 10.1 Å². The van der Waals surface area contributed by atoms with E-state index in [1.807, 2.05) is 0 Å². The van der Waals surface area contributed by atoms with Gasteiger partial charge in [0.15, 0.2) is 0 Å². The van der Waals surface area contributed by atoms with Crippen LogP contribution in [0.3, 0.4) is 0 Å². The number of carboxylic acids is 1. The predicted molar refractivity (Wildman–Crippen MR) is 28.6 cm³/mol. The van der Waals surface area contributed by atoms with E-state index in [9.17, 15) is 4.79 Å². The molecule has 0 fully saturated rings. The summed E-state index contributed by atoms with van der Waals surface area (Å²) in [7, 11) is 0. The molecule has 1 rings (SSSR count). The molecule has 44 valence electrons. The van der Waals surface area contributed by atoms with Gasteiger partial charge in [0.25, 0.3) is 0 Å². The van der Waals surface area contributed by atoms with Crippen LogP contribution in [-0.4, -0.2) is 23.7 Å². The van der Waals surface area contributed by atoms with Crippen LogP contribution in [0.2, 0.25) is 0 Å². The second-order valence-electron chi connectivity index (χ2n) is 1.65. The molecule has 8 heavy (non-hydrogen) atoms. The van der Waals surface area contributed by atoms with Gasteiger partial charge >= 0.3 is 5.97 Å². The van der Waals surface area contributed by atoms with Gasteiger partial charge in [-0.1, -0.05) is 12.2 Å². The van der Waals surface area contributed by atoms with Gasteiger partial charge in [0, 0.05) is 6.54 Å². The van der Waals surface area contributed by atoms with Crippen molar-refractivity contribution in [1.82, 2.24) is 5.32 Å². The first-order chi connectivity index (χ1) is 3.80. The average molecular weight is 113 g/mol. The van der Waals surface area contributed by atoms with Gasteiger partial charge in [-0.15, -0.1) is 0 Å². The van der Waals surface area contributed by atoms with Gasteiger partial charge in [-0.2, -0.15) is 0 Å². The SMILES string of the molecule is O=C(O)[C@H]1C=CCN1. The summed E-state index contributed by atoms with van der Waals surface area (Å²) in [4.78, 5) is 10.1. The lowest BCUT2D eigenvalue weighted by Crippen LogP contribution is -2.30. The third kappa shape index (κ3) is 0.869. The number of hydrogen-bond donors (Lipinski definition) is 2. The van der Waals surface area contributed by atoms with Crippen LogP contribution in [0.25, 0.3) is 0 Å². The number of aliphatic carboxylic acids is 1. The van der Waals surface area contributed by atoms with Crippen LogP contribution in [-0.2, 0) is 4.79 Å². The number of carboxylic acid groups (broad SMARTS) is 1. The van der Waals surface area contributed by atoms with Gasteiger partial charge < -0.3 is 5.11 Å². The molecule has 1 aliphatic rings. The Morgan fingerprint density at radius 1 is 1.88 bits per heavy atom. The van der Waals surface area contributed by atoms with E-state index in [0.717, 1.165) is 0 Å². The van der Waals surface area contributed by atoms with E-state index in [1.54, 1.807) is 12.2 Å². The van der Waals surface area contributed by atoms with E-state index >= 15 is 0 Å². The summed E-state index contributed by atoms with van der Waals surface area (Å²) in [5, 5.41) is 11.0. The number of carbonyl (C=O) groups is 1. The van der Waals surface area contributed by atoms with Crippen LogP contribution >= 0.6 is 0 Å². The normalized spacial score (nSPS) is 26.2. The molecule has 0 spiro atoms. The highest BCUT2D eigenvalue weighted by Crippen LogP contribution is 1.92. The highest BCUT2D eigenvalue weighted by Gasteiger charge is 2.14. The summed E-state index contributed by atoms with van der Waals surface area (Å²) in [6, 6.07) is -0.449. The van der Waals surface area contributed by atoms with Crippen molar-refractivity contribution in [1.29, 1.82) is 0 Å². The molecule has 0 radical (unpaired) electrons. The Morgan fingerprint density at radius 3 is 2.88 bits per heavy atom. The summed E-state index contributed by atoms with van der Waals surface area (Å²) in [5.41, 5.74) is 0. The van der Waals surface area contributed by atoms with Crippen LogP contribution in [0.5, 0.6) is 0 Å².